The second-order valence-electron chi connectivity index (χ2n) is 2.80. The number of ether oxygens (including phenoxy) is 1. The second-order valence-corrected chi connectivity index (χ2v) is 3.59. The lowest BCUT2D eigenvalue weighted by atomic mass is 10.1. The number of hydrogen-bond donors (Lipinski definition) is 2. The molecule has 1 atom stereocenters. The molecule has 0 aromatic heterocycles. The summed E-state index contributed by atoms with van der Waals surface area (Å²) in [6, 6.07) is 1.18. The maximum Gasteiger partial charge on any atom is 0.325 e. The predicted molar refractivity (Wildman–Crippen MR) is 55.2 cm³/mol. The lowest BCUT2D eigenvalue weighted by molar-refractivity contribution is -0.138. The number of halogens is 2. The normalized spacial score (nSPS) is 12.3. The van der Waals surface area contributed by atoms with Gasteiger partial charge in [-0.3, -0.25) is 4.79 Å². The highest BCUT2D eigenvalue weighted by molar-refractivity contribution is 9.10. The number of hydrogen-bond acceptors (Lipinski definition) is 3. The fourth-order valence-electron chi connectivity index (χ4n) is 1.13. The van der Waals surface area contributed by atoms with Gasteiger partial charge in [-0.25, -0.2) is 4.39 Å². The van der Waals surface area contributed by atoms with Gasteiger partial charge >= 0.3 is 5.97 Å². The number of benzene rings is 1. The number of carbonyl (C=O) groups is 1. The lowest BCUT2D eigenvalue weighted by Crippen LogP contribution is -2.21. The Hall–Kier alpha value is -1.14. The Morgan fingerprint density at radius 3 is 2.73 bits per heavy atom. The standard InChI is InChI=1S/C9H9BrFNO3/c1-15-8-4(7(12)9(13)14)2-3-5(11)6(8)10/h2-3,7H,12H2,1H3,(H,13,14). The van der Waals surface area contributed by atoms with Crippen LogP contribution in [0.1, 0.15) is 11.6 Å². The molecule has 3 N–H and O–H groups in total. The highest BCUT2D eigenvalue weighted by Gasteiger charge is 2.21. The zero-order valence-electron chi connectivity index (χ0n) is 7.83. The van der Waals surface area contributed by atoms with Gasteiger partial charge in [0, 0.05) is 5.56 Å². The van der Waals surface area contributed by atoms with Gasteiger partial charge in [0.05, 0.1) is 11.6 Å². The summed E-state index contributed by atoms with van der Waals surface area (Å²) in [7, 11) is 1.32. The van der Waals surface area contributed by atoms with Crippen LogP contribution >= 0.6 is 15.9 Å². The van der Waals surface area contributed by atoms with Crippen LogP contribution in [0.4, 0.5) is 4.39 Å². The Labute approximate surface area is 94.0 Å². The smallest absolute Gasteiger partial charge is 0.325 e. The van der Waals surface area contributed by atoms with Crippen molar-refractivity contribution in [2.75, 3.05) is 7.11 Å². The zero-order chi connectivity index (χ0) is 11.6. The maximum atomic E-state index is 13.1. The molecule has 4 nitrogen and oxygen atoms in total. The topological polar surface area (TPSA) is 72.5 Å². The van der Waals surface area contributed by atoms with Crippen LogP contribution in [0, 0.1) is 5.82 Å². The fraction of sp³-hybridized carbons (Fsp3) is 0.222. The summed E-state index contributed by atoms with van der Waals surface area (Å²) in [5.41, 5.74) is 5.63. The molecule has 0 bridgehead atoms. The Kier molecular flexibility index (Phi) is 3.65. The third-order valence-electron chi connectivity index (χ3n) is 1.89. The van der Waals surface area contributed by atoms with Gasteiger partial charge in [-0.1, -0.05) is 6.07 Å². The molecule has 0 aliphatic heterocycles. The van der Waals surface area contributed by atoms with Gasteiger partial charge in [0.25, 0.3) is 0 Å². The van der Waals surface area contributed by atoms with E-state index in [1.807, 2.05) is 0 Å². The van der Waals surface area contributed by atoms with Crippen molar-refractivity contribution < 1.29 is 19.0 Å². The van der Waals surface area contributed by atoms with Crippen molar-refractivity contribution in [3.63, 3.8) is 0 Å². The van der Waals surface area contributed by atoms with Crippen molar-refractivity contribution in [3.8, 4) is 5.75 Å². The maximum absolute atomic E-state index is 13.1. The van der Waals surface area contributed by atoms with Crippen molar-refractivity contribution in [3.05, 3.63) is 28.0 Å². The van der Waals surface area contributed by atoms with E-state index in [1.165, 1.54) is 13.2 Å². The molecule has 1 aromatic carbocycles. The van der Waals surface area contributed by atoms with Crippen LogP contribution in [-0.2, 0) is 4.79 Å². The number of methoxy groups -OCH3 is 1. The molecule has 6 heteroatoms. The highest BCUT2D eigenvalue weighted by Crippen LogP contribution is 2.34. The van der Waals surface area contributed by atoms with Gasteiger partial charge in [0.1, 0.15) is 17.6 Å². The van der Waals surface area contributed by atoms with E-state index < -0.39 is 17.8 Å². The quantitative estimate of drug-likeness (QED) is 0.882. The van der Waals surface area contributed by atoms with Gasteiger partial charge < -0.3 is 15.6 Å². The van der Waals surface area contributed by atoms with Crippen LogP contribution in [-0.4, -0.2) is 18.2 Å². The lowest BCUT2D eigenvalue weighted by Gasteiger charge is -2.13. The molecule has 0 aliphatic rings. The van der Waals surface area contributed by atoms with E-state index in [4.69, 9.17) is 15.6 Å². The van der Waals surface area contributed by atoms with E-state index in [1.54, 1.807) is 0 Å². The third kappa shape index (κ3) is 2.27. The second kappa shape index (κ2) is 4.59. The monoisotopic (exact) mass is 277 g/mol. The number of aliphatic carboxylic acids is 1. The van der Waals surface area contributed by atoms with Crippen LogP contribution in [0.3, 0.4) is 0 Å². The molecule has 0 fully saturated rings. The molecule has 0 radical (unpaired) electrons. The van der Waals surface area contributed by atoms with Gasteiger partial charge in [-0.05, 0) is 22.0 Å². The van der Waals surface area contributed by atoms with E-state index in [0.717, 1.165) is 6.07 Å². The van der Waals surface area contributed by atoms with E-state index in [0.29, 0.717) is 0 Å². The number of carboxylic acids is 1. The van der Waals surface area contributed by atoms with Crippen molar-refractivity contribution in [2.45, 2.75) is 6.04 Å². The number of rotatable bonds is 3. The van der Waals surface area contributed by atoms with Crippen LogP contribution in [0.2, 0.25) is 0 Å². The minimum absolute atomic E-state index is 0.0687. The Morgan fingerprint density at radius 1 is 1.67 bits per heavy atom. The summed E-state index contributed by atoms with van der Waals surface area (Å²) in [6.07, 6.45) is 0. The van der Waals surface area contributed by atoms with Crippen molar-refractivity contribution in [1.29, 1.82) is 0 Å². The van der Waals surface area contributed by atoms with Crippen LogP contribution in [0.25, 0.3) is 0 Å². The average Bonchev–Trinajstić information content (AvgIpc) is 2.20. The molecule has 0 amide bonds. The average molecular weight is 278 g/mol. The fourth-order valence-corrected chi connectivity index (χ4v) is 1.66. The van der Waals surface area contributed by atoms with Gasteiger partial charge in [0.15, 0.2) is 0 Å². The molecule has 1 rings (SSSR count). The largest absolute Gasteiger partial charge is 0.495 e. The summed E-state index contributed by atoms with van der Waals surface area (Å²) >= 11 is 2.96. The molecule has 0 aliphatic carbocycles. The molecule has 0 spiro atoms. The van der Waals surface area contributed by atoms with Crippen molar-refractivity contribution in [1.82, 2.24) is 0 Å². The van der Waals surface area contributed by atoms with Gasteiger partial charge in [-0.2, -0.15) is 0 Å². The predicted octanol–water partition coefficient (Wildman–Crippen LogP) is 1.68. The number of carboxylic acid groups (broad SMARTS) is 1. The molecule has 15 heavy (non-hydrogen) atoms. The summed E-state index contributed by atoms with van der Waals surface area (Å²) < 4.78 is 18.1. The van der Waals surface area contributed by atoms with Crippen LogP contribution in [0.15, 0.2) is 16.6 Å². The first-order valence-electron chi connectivity index (χ1n) is 3.99. The first-order chi connectivity index (χ1) is 6.99. The van der Waals surface area contributed by atoms with E-state index in [9.17, 15) is 9.18 Å². The summed E-state index contributed by atoms with van der Waals surface area (Å²) in [6.45, 7) is 0. The van der Waals surface area contributed by atoms with Crippen molar-refractivity contribution >= 4 is 21.9 Å². The summed E-state index contributed by atoms with van der Waals surface area (Å²) in [5.74, 6) is -1.63. The molecule has 1 aromatic rings. The number of nitrogens with two attached hydrogens (primary N) is 1. The van der Waals surface area contributed by atoms with Crippen molar-refractivity contribution in [2.24, 2.45) is 5.73 Å². The van der Waals surface area contributed by atoms with Gasteiger partial charge in [0.2, 0.25) is 0 Å². The molecule has 0 saturated carbocycles. The molecular formula is C9H9BrFNO3. The Balaban J connectivity index is 3.30. The first kappa shape index (κ1) is 11.9. The minimum atomic E-state index is -1.24. The Morgan fingerprint density at radius 2 is 2.27 bits per heavy atom. The minimum Gasteiger partial charge on any atom is -0.495 e. The summed E-state index contributed by atoms with van der Waals surface area (Å²) in [4.78, 5) is 10.7. The van der Waals surface area contributed by atoms with E-state index >= 15 is 0 Å². The molecular weight excluding hydrogens is 269 g/mol. The molecule has 0 saturated heterocycles. The SMILES string of the molecule is COc1c(C(N)C(=O)O)ccc(F)c1Br. The van der Waals surface area contributed by atoms with Crippen LogP contribution in [0.5, 0.6) is 5.75 Å². The van der Waals surface area contributed by atoms with E-state index in [-0.39, 0.29) is 15.8 Å². The Bertz CT molecular complexity index is 397. The van der Waals surface area contributed by atoms with E-state index in [2.05, 4.69) is 15.9 Å². The molecule has 82 valence electrons. The molecule has 1 unspecified atom stereocenters. The zero-order valence-corrected chi connectivity index (χ0v) is 9.42. The first-order valence-corrected chi connectivity index (χ1v) is 4.78. The van der Waals surface area contributed by atoms with Gasteiger partial charge in [-0.15, -0.1) is 0 Å². The summed E-state index contributed by atoms with van der Waals surface area (Å²) in [5, 5.41) is 8.73. The molecule has 0 heterocycles. The third-order valence-corrected chi connectivity index (χ3v) is 2.62. The highest BCUT2D eigenvalue weighted by atomic mass is 79.9. The van der Waals surface area contributed by atoms with Crippen LogP contribution < -0.4 is 10.5 Å².